The normalized spacial score (nSPS) is 29.9. The van der Waals surface area contributed by atoms with Crippen molar-refractivity contribution in [2.24, 2.45) is 11.8 Å². The predicted molar refractivity (Wildman–Crippen MR) is 131 cm³/mol. The van der Waals surface area contributed by atoms with Crippen LogP contribution < -0.4 is 15.0 Å². The molecule has 2 aliphatic heterocycles. The maximum absolute atomic E-state index is 12.1. The average molecular weight is 481 g/mol. The highest BCUT2D eigenvalue weighted by Crippen LogP contribution is 2.50. The van der Waals surface area contributed by atoms with E-state index in [9.17, 15) is 4.79 Å². The monoisotopic (exact) mass is 480 g/mol. The topological polar surface area (TPSA) is 71.8 Å². The summed E-state index contributed by atoms with van der Waals surface area (Å²) in [6.07, 6.45) is 11.0. The third-order valence-electron chi connectivity index (χ3n) is 8.30. The van der Waals surface area contributed by atoms with Gasteiger partial charge in [0.05, 0.1) is 18.8 Å². The number of hydrogen-bond donors (Lipinski definition) is 0. The van der Waals surface area contributed by atoms with Crippen LogP contribution in [-0.2, 0) is 22.6 Å². The van der Waals surface area contributed by atoms with Crippen LogP contribution in [0.15, 0.2) is 35.1 Å². The van der Waals surface area contributed by atoms with Crippen molar-refractivity contribution in [2.45, 2.75) is 89.3 Å². The van der Waals surface area contributed by atoms with Gasteiger partial charge < -0.3 is 18.9 Å². The molecule has 1 unspecified atom stereocenters. The molecule has 0 spiro atoms. The molecular formula is C28H36N2O5. The minimum atomic E-state index is -0.316. The Bertz CT molecular complexity index is 1040. The van der Waals surface area contributed by atoms with Crippen LogP contribution in [-0.4, -0.2) is 35.2 Å². The lowest BCUT2D eigenvalue weighted by Crippen LogP contribution is -2.30. The van der Waals surface area contributed by atoms with E-state index in [1.165, 1.54) is 50.2 Å². The third kappa shape index (κ3) is 5.12. The van der Waals surface area contributed by atoms with Crippen LogP contribution in [0, 0.1) is 11.8 Å². The van der Waals surface area contributed by atoms with E-state index in [1.807, 2.05) is 4.57 Å². The molecule has 35 heavy (non-hydrogen) atoms. The highest BCUT2D eigenvalue weighted by Gasteiger charge is 2.37. The number of fused-ring (bicyclic) bond motifs is 3. The van der Waals surface area contributed by atoms with E-state index >= 15 is 0 Å². The van der Waals surface area contributed by atoms with Gasteiger partial charge in [0.15, 0.2) is 12.4 Å². The van der Waals surface area contributed by atoms with Gasteiger partial charge >= 0.3 is 6.01 Å². The van der Waals surface area contributed by atoms with Crippen molar-refractivity contribution in [3.63, 3.8) is 0 Å². The number of aromatic nitrogens is 2. The Balaban J connectivity index is 1.05. The van der Waals surface area contributed by atoms with Gasteiger partial charge in [-0.1, -0.05) is 25.0 Å². The van der Waals surface area contributed by atoms with Gasteiger partial charge in [-0.3, -0.25) is 9.36 Å². The highest BCUT2D eigenvalue weighted by atomic mass is 16.7. The van der Waals surface area contributed by atoms with Crippen LogP contribution in [0.5, 0.6) is 11.8 Å². The smallest absolute Gasteiger partial charge is 0.300 e. The maximum Gasteiger partial charge on any atom is 0.300 e. The molecule has 4 aliphatic rings. The molecule has 2 bridgehead atoms. The van der Waals surface area contributed by atoms with Gasteiger partial charge in [0.2, 0.25) is 0 Å². The number of nitrogens with zero attached hydrogens (tertiary/aromatic N) is 2. The lowest BCUT2D eigenvalue weighted by Gasteiger charge is -2.43. The van der Waals surface area contributed by atoms with Crippen LogP contribution in [0.3, 0.4) is 0 Å². The second kappa shape index (κ2) is 10.3. The van der Waals surface area contributed by atoms with Gasteiger partial charge in [-0.2, -0.15) is 4.98 Å². The van der Waals surface area contributed by atoms with Crippen LogP contribution in [0.1, 0.15) is 75.0 Å². The summed E-state index contributed by atoms with van der Waals surface area (Å²) in [5.74, 6) is 3.30. The molecule has 1 aromatic carbocycles. The van der Waals surface area contributed by atoms with E-state index < -0.39 is 0 Å². The highest BCUT2D eigenvalue weighted by molar-refractivity contribution is 5.31. The van der Waals surface area contributed by atoms with Gasteiger partial charge in [-0.25, -0.2) is 0 Å². The summed E-state index contributed by atoms with van der Waals surface area (Å²) in [7, 11) is 0. The third-order valence-corrected chi connectivity index (χ3v) is 8.30. The van der Waals surface area contributed by atoms with Gasteiger partial charge in [0.25, 0.3) is 5.56 Å². The molecule has 0 N–H and O–H groups in total. The summed E-state index contributed by atoms with van der Waals surface area (Å²) in [6, 6.07) is 10.6. The summed E-state index contributed by atoms with van der Waals surface area (Å²) in [5, 5.41) is 0. The Hall–Kier alpha value is -2.38. The molecule has 2 atom stereocenters. The lowest BCUT2D eigenvalue weighted by molar-refractivity contribution is -0.169. The number of benzene rings is 1. The molecule has 0 radical (unpaired) electrons. The zero-order chi connectivity index (χ0) is 23.6. The fraction of sp³-hybridized carbons (Fsp3) is 0.643. The average Bonchev–Trinajstić information content (AvgIpc) is 3.29. The standard InChI is InChI=1S/C28H36N2O5/c31-25-15-22(17-34-26-9-1-2-14-32-26)30-16-24(35-28(30)29-25)18-33-23-12-10-21(11-13-23)27-19-5-3-6-20(27)8-4-7-19/h10-13,15,19-20,24,26-27H,1-9,14,16-18H2/t19?,20?,24?,26-,27?/m0/s1. The first kappa shape index (κ1) is 23.0. The molecule has 2 aromatic rings. The molecule has 2 saturated carbocycles. The first-order valence-corrected chi connectivity index (χ1v) is 13.5. The second-order valence-corrected chi connectivity index (χ2v) is 10.6. The van der Waals surface area contributed by atoms with Crippen LogP contribution >= 0.6 is 0 Å². The zero-order valence-corrected chi connectivity index (χ0v) is 20.4. The molecule has 6 rings (SSSR count). The summed E-state index contributed by atoms with van der Waals surface area (Å²) in [5.41, 5.74) is 1.92. The quantitative estimate of drug-likeness (QED) is 0.566. The van der Waals surface area contributed by atoms with Crippen molar-refractivity contribution in [1.29, 1.82) is 0 Å². The molecule has 1 saturated heterocycles. The van der Waals surface area contributed by atoms with Crippen LogP contribution in [0.25, 0.3) is 0 Å². The van der Waals surface area contributed by atoms with E-state index in [1.54, 1.807) is 0 Å². The minimum absolute atomic E-state index is 0.202. The van der Waals surface area contributed by atoms with E-state index in [0.717, 1.165) is 55.1 Å². The number of ether oxygens (including phenoxy) is 4. The largest absolute Gasteiger partial charge is 0.490 e. The SMILES string of the molecule is O=c1cc(CO[C@H]2CCCCO2)n2c(n1)OC(COc1ccc(C3C4CCCC3CCC4)cc1)C2. The first-order valence-electron chi connectivity index (χ1n) is 13.5. The van der Waals surface area contributed by atoms with Crippen molar-refractivity contribution in [3.8, 4) is 11.8 Å². The molecule has 1 aromatic heterocycles. The minimum Gasteiger partial charge on any atom is -0.490 e. The Labute approximate surface area is 206 Å². The Morgan fingerprint density at radius 3 is 2.46 bits per heavy atom. The zero-order valence-electron chi connectivity index (χ0n) is 20.4. The molecule has 0 amide bonds. The summed E-state index contributed by atoms with van der Waals surface area (Å²) < 4.78 is 25.5. The molecule has 2 aliphatic carbocycles. The van der Waals surface area contributed by atoms with Crippen molar-refractivity contribution in [1.82, 2.24) is 9.55 Å². The first-order chi connectivity index (χ1) is 17.2. The molecule has 7 heteroatoms. The molecular weight excluding hydrogens is 444 g/mol. The second-order valence-electron chi connectivity index (χ2n) is 10.6. The van der Waals surface area contributed by atoms with Gasteiger partial charge in [-0.15, -0.1) is 0 Å². The van der Waals surface area contributed by atoms with Crippen molar-refractivity contribution < 1.29 is 18.9 Å². The Morgan fingerprint density at radius 2 is 1.74 bits per heavy atom. The fourth-order valence-electron chi connectivity index (χ4n) is 6.63. The number of hydrogen-bond acceptors (Lipinski definition) is 6. The van der Waals surface area contributed by atoms with E-state index in [2.05, 4.69) is 29.2 Å². The van der Waals surface area contributed by atoms with E-state index in [-0.39, 0.29) is 18.0 Å². The Morgan fingerprint density at radius 1 is 0.971 bits per heavy atom. The van der Waals surface area contributed by atoms with Crippen molar-refractivity contribution in [2.75, 3.05) is 13.2 Å². The lowest BCUT2D eigenvalue weighted by atomic mass is 9.62. The maximum atomic E-state index is 12.1. The van der Waals surface area contributed by atoms with Gasteiger partial charge in [0.1, 0.15) is 12.4 Å². The fourth-order valence-corrected chi connectivity index (χ4v) is 6.63. The van der Waals surface area contributed by atoms with Gasteiger partial charge in [0, 0.05) is 12.7 Å². The predicted octanol–water partition coefficient (Wildman–Crippen LogP) is 4.81. The molecule has 188 valence electrons. The van der Waals surface area contributed by atoms with Crippen LogP contribution in [0.2, 0.25) is 0 Å². The van der Waals surface area contributed by atoms with Crippen LogP contribution in [0.4, 0.5) is 0 Å². The van der Waals surface area contributed by atoms with E-state index in [0.29, 0.717) is 25.8 Å². The molecule has 7 nitrogen and oxygen atoms in total. The van der Waals surface area contributed by atoms with Crippen molar-refractivity contribution in [3.05, 3.63) is 51.9 Å². The van der Waals surface area contributed by atoms with Gasteiger partial charge in [-0.05, 0) is 80.4 Å². The molecule has 3 fully saturated rings. The van der Waals surface area contributed by atoms with Crippen molar-refractivity contribution >= 4 is 0 Å². The summed E-state index contributed by atoms with van der Waals surface area (Å²) >= 11 is 0. The number of rotatable bonds is 7. The Kier molecular flexibility index (Phi) is 6.79. The summed E-state index contributed by atoms with van der Waals surface area (Å²) in [6.45, 7) is 2.01. The van der Waals surface area contributed by atoms with E-state index in [4.69, 9.17) is 18.9 Å². The summed E-state index contributed by atoms with van der Waals surface area (Å²) in [4.78, 5) is 16.1. The molecule has 3 heterocycles.